The van der Waals surface area contributed by atoms with Gasteiger partial charge in [0.05, 0.1) is 0 Å². The summed E-state index contributed by atoms with van der Waals surface area (Å²) in [5.41, 5.74) is 1.64. The van der Waals surface area contributed by atoms with Crippen molar-refractivity contribution >= 4 is 11.6 Å². The van der Waals surface area contributed by atoms with Crippen molar-refractivity contribution in [2.24, 2.45) is 0 Å². The summed E-state index contributed by atoms with van der Waals surface area (Å²) in [4.78, 5) is 12.4. The quantitative estimate of drug-likeness (QED) is 0.852. The van der Waals surface area contributed by atoms with E-state index in [9.17, 15) is 9.18 Å². The van der Waals surface area contributed by atoms with Crippen LogP contribution in [0.3, 0.4) is 0 Å². The molecule has 0 saturated heterocycles. The van der Waals surface area contributed by atoms with Crippen LogP contribution in [-0.2, 0) is 0 Å². The first-order valence-corrected chi connectivity index (χ1v) is 8.64. The number of carbonyl (C=O) groups is 1. The van der Waals surface area contributed by atoms with Crippen molar-refractivity contribution in [1.29, 1.82) is 0 Å². The summed E-state index contributed by atoms with van der Waals surface area (Å²) in [7, 11) is 0. The smallest absolute Gasteiger partial charge is 0.256 e. The Bertz CT molecular complexity index is 828. The highest BCUT2D eigenvalue weighted by Gasteiger charge is 2.42. The predicted octanol–water partition coefficient (Wildman–Crippen LogP) is 4.82. The van der Waals surface area contributed by atoms with Gasteiger partial charge in [0.1, 0.15) is 5.82 Å². The number of rotatable bonds is 2. The summed E-state index contributed by atoms with van der Waals surface area (Å²) in [6.45, 7) is 1.78. The number of benzene rings is 2. The summed E-state index contributed by atoms with van der Waals surface area (Å²) in [6, 6.07) is 9.54. The van der Waals surface area contributed by atoms with Crippen molar-refractivity contribution in [2.45, 2.75) is 44.8 Å². The summed E-state index contributed by atoms with van der Waals surface area (Å²) < 4.78 is 25.5. The summed E-state index contributed by atoms with van der Waals surface area (Å²) in [5.74, 6) is 0.0453. The van der Waals surface area contributed by atoms with Crippen LogP contribution in [0.2, 0.25) is 0 Å². The van der Waals surface area contributed by atoms with Crippen LogP contribution in [0.15, 0.2) is 36.4 Å². The lowest BCUT2D eigenvalue weighted by molar-refractivity contribution is -0.105. The zero-order chi connectivity index (χ0) is 17.4. The Kier molecular flexibility index (Phi) is 3.86. The number of fused-ring (bicyclic) bond motifs is 1. The number of anilines is 1. The van der Waals surface area contributed by atoms with Crippen molar-refractivity contribution in [3.05, 3.63) is 53.3 Å². The fraction of sp³-hybridized carbons (Fsp3) is 0.350. The zero-order valence-electron chi connectivity index (χ0n) is 14.1. The molecule has 5 heteroatoms. The van der Waals surface area contributed by atoms with E-state index in [-0.39, 0.29) is 5.91 Å². The molecule has 25 heavy (non-hydrogen) atoms. The van der Waals surface area contributed by atoms with E-state index < -0.39 is 11.6 Å². The van der Waals surface area contributed by atoms with Gasteiger partial charge in [0, 0.05) is 30.2 Å². The van der Waals surface area contributed by atoms with E-state index in [2.05, 4.69) is 5.32 Å². The number of nitrogens with one attached hydrogen (secondary N) is 1. The molecule has 130 valence electrons. The molecule has 4 rings (SSSR count). The van der Waals surface area contributed by atoms with Gasteiger partial charge in [-0.15, -0.1) is 0 Å². The Labute approximate surface area is 146 Å². The van der Waals surface area contributed by atoms with Gasteiger partial charge in [-0.3, -0.25) is 4.79 Å². The van der Waals surface area contributed by atoms with Crippen LogP contribution >= 0.6 is 0 Å². The lowest BCUT2D eigenvalue weighted by Gasteiger charge is -2.31. The molecular weight excluding hydrogens is 321 g/mol. The van der Waals surface area contributed by atoms with E-state index >= 15 is 0 Å². The fourth-order valence-electron chi connectivity index (χ4n) is 3.50. The maximum atomic E-state index is 13.4. The monoisotopic (exact) mass is 341 g/mol. The molecule has 1 saturated carbocycles. The first-order chi connectivity index (χ1) is 12.0. The second kappa shape index (κ2) is 6.06. The Balaban J connectivity index is 1.53. The first-order valence-electron chi connectivity index (χ1n) is 8.64. The van der Waals surface area contributed by atoms with E-state index in [1.54, 1.807) is 25.1 Å². The van der Waals surface area contributed by atoms with Gasteiger partial charge < -0.3 is 14.8 Å². The molecule has 2 aliphatic rings. The van der Waals surface area contributed by atoms with Crippen molar-refractivity contribution in [3.63, 3.8) is 0 Å². The van der Waals surface area contributed by atoms with Gasteiger partial charge >= 0.3 is 0 Å². The standard InChI is InChI=1S/C20H20FNO3/c1-13-5-6-14(21)11-16(13)19(23)22-15-7-8-17-18(12-15)25-20(24-17)9-3-2-4-10-20/h5-8,11-12H,2-4,9-10H2,1H3,(H,22,23). The van der Waals surface area contributed by atoms with E-state index in [0.29, 0.717) is 22.7 Å². The lowest BCUT2D eigenvalue weighted by Crippen LogP contribution is -2.40. The van der Waals surface area contributed by atoms with Crippen molar-refractivity contribution in [3.8, 4) is 11.5 Å². The van der Waals surface area contributed by atoms with E-state index in [1.165, 1.54) is 18.6 Å². The van der Waals surface area contributed by atoms with Crippen LogP contribution in [0.5, 0.6) is 11.5 Å². The normalized spacial score (nSPS) is 17.5. The minimum Gasteiger partial charge on any atom is -0.448 e. The molecule has 2 aromatic carbocycles. The van der Waals surface area contributed by atoms with Crippen molar-refractivity contribution in [1.82, 2.24) is 0 Å². The number of aryl methyl sites for hydroxylation is 1. The first kappa shape index (κ1) is 15.9. The number of carbonyl (C=O) groups excluding carboxylic acids is 1. The third kappa shape index (κ3) is 3.06. The summed E-state index contributed by atoms with van der Waals surface area (Å²) in [6.07, 6.45) is 5.16. The van der Waals surface area contributed by atoms with Gasteiger partial charge in [-0.25, -0.2) is 4.39 Å². The predicted molar refractivity (Wildman–Crippen MR) is 92.6 cm³/mol. The second-order valence-electron chi connectivity index (χ2n) is 6.75. The zero-order valence-corrected chi connectivity index (χ0v) is 14.1. The highest BCUT2D eigenvalue weighted by atomic mass is 19.1. The Hall–Kier alpha value is -2.56. The molecule has 1 aliphatic heterocycles. The van der Waals surface area contributed by atoms with E-state index in [4.69, 9.17) is 9.47 Å². The maximum Gasteiger partial charge on any atom is 0.256 e. The largest absolute Gasteiger partial charge is 0.448 e. The Morgan fingerprint density at radius 1 is 1.04 bits per heavy atom. The van der Waals surface area contributed by atoms with E-state index in [1.807, 2.05) is 6.07 Å². The van der Waals surface area contributed by atoms with Gasteiger partial charge in [-0.1, -0.05) is 12.5 Å². The molecule has 0 aromatic heterocycles. The number of hydrogen-bond donors (Lipinski definition) is 1. The fourth-order valence-corrected chi connectivity index (χ4v) is 3.50. The highest BCUT2D eigenvalue weighted by molar-refractivity contribution is 6.05. The SMILES string of the molecule is Cc1ccc(F)cc1C(=O)Nc1ccc2c(c1)OC1(CCCCC1)O2. The Morgan fingerprint density at radius 3 is 2.60 bits per heavy atom. The topological polar surface area (TPSA) is 47.6 Å². The summed E-state index contributed by atoms with van der Waals surface area (Å²) in [5, 5.41) is 2.81. The molecule has 0 unspecified atom stereocenters. The van der Waals surface area contributed by atoms with Crippen LogP contribution in [0, 0.1) is 12.7 Å². The van der Waals surface area contributed by atoms with Crippen molar-refractivity contribution < 1.29 is 18.7 Å². The molecule has 0 atom stereocenters. The molecule has 2 aromatic rings. The molecule has 1 fully saturated rings. The highest BCUT2D eigenvalue weighted by Crippen LogP contribution is 2.46. The summed E-state index contributed by atoms with van der Waals surface area (Å²) >= 11 is 0. The van der Waals surface area contributed by atoms with Crippen LogP contribution in [0.25, 0.3) is 0 Å². The van der Waals surface area contributed by atoms with E-state index in [0.717, 1.165) is 31.2 Å². The van der Waals surface area contributed by atoms with Crippen LogP contribution in [0.1, 0.15) is 48.0 Å². The molecule has 4 nitrogen and oxygen atoms in total. The average Bonchev–Trinajstić information content (AvgIpc) is 2.94. The van der Waals surface area contributed by atoms with Crippen LogP contribution in [-0.4, -0.2) is 11.7 Å². The maximum absolute atomic E-state index is 13.4. The Morgan fingerprint density at radius 2 is 1.80 bits per heavy atom. The molecule has 0 radical (unpaired) electrons. The number of hydrogen-bond acceptors (Lipinski definition) is 3. The average molecular weight is 341 g/mol. The third-order valence-electron chi connectivity index (χ3n) is 4.85. The molecule has 0 bridgehead atoms. The number of halogens is 1. The van der Waals surface area contributed by atoms with Crippen LogP contribution < -0.4 is 14.8 Å². The molecule has 1 aliphatic carbocycles. The molecule has 1 amide bonds. The van der Waals surface area contributed by atoms with Gasteiger partial charge in [0.25, 0.3) is 11.7 Å². The second-order valence-corrected chi connectivity index (χ2v) is 6.75. The number of ether oxygens (including phenoxy) is 2. The van der Waals surface area contributed by atoms with Gasteiger partial charge in [-0.2, -0.15) is 0 Å². The van der Waals surface area contributed by atoms with Gasteiger partial charge in [0.15, 0.2) is 11.5 Å². The molecule has 1 heterocycles. The lowest BCUT2D eigenvalue weighted by atomic mass is 9.94. The van der Waals surface area contributed by atoms with Gasteiger partial charge in [0.2, 0.25) is 0 Å². The minimum absolute atomic E-state index is 0.321. The number of amides is 1. The molecule has 1 spiro atoms. The van der Waals surface area contributed by atoms with Crippen LogP contribution in [0.4, 0.5) is 10.1 Å². The minimum atomic E-state index is -0.539. The van der Waals surface area contributed by atoms with Gasteiger partial charge in [-0.05, 0) is 49.6 Å². The molecule has 1 N–H and O–H groups in total. The molecular formula is C20H20FNO3. The third-order valence-corrected chi connectivity index (χ3v) is 4.85. The van der Waals surface area contributed by atoms with Crippen molar-refractivity contribution in [2.75, 3.05) is 5.32 Å².